The van der Waals surface area contributed by atoms with Crippen molar-refractivity contribution in [1.29, 1.82) is 0 Å². The van der Waals surface area contributed by atoms with E-state index in [0.717, 1.165) is 12.1 Å². The van der Waals surface area contributed by atoms with Gasteiger partial charge in [0.25, 0.3) is 0 Å². The molecule has 6 nitrogen and oxygen atoms in total. The van der Waals surface area contributed by atoms with Gasteiger partial charge in [0, 0.05) is 18.6 Å². The summed E-state index contributed by atoms with van der Waals surface area (Å²) in [6, 6.07) is 9.88. The van der Waals surface area contributed by atoms with Crippen LogP contribution in [0.1, 0.15) is 28.9 Å². The third kappa shape index (κ3) is 5.63. The SMILES string of the molecule is CCOC(=O)c1c(SC(Cl)CF)nc2cc(F)c(F)cc2c1OC(=O)C(OC)c1ccccc1. The highest BCUT2D eigenvalue weighted by molar-refractivity contribution is 8.01. The summed E-state index contributed by atoms with van der Waals surface area (Å²) in [7, 11) is 1.28. The van der Waals surface area contributed by atoms with Gasteiger partial charge in [0.1, 0.15) is 22.0 Å². The number of carbonyl (C=O) groups is 2. The van der Waals surface area contributed by atoms with Crippen LogP contribution < -0.4 is 4.74 Å². The minimum absolute atomic E-state index is 0.0513. The van der Waals surface area contributed by atoms with Crippen molar-refractivity contribution in [3.8, 4) is 5.75 Å². The maximum absolute atomic E-state index is 14.1. The molecule has 0 spiro atoms. The van der Waals surface area contributed by atoms with Gasteiger partial charge in [-0.1, -0.05) is 42.1 Å². The molecule has 0 N–H and O–H groups in total. The molecule has 1 aromatic heterocycles. The van der Waals surface area contributed by atoms with Crippen molar-refractivity contribution in [3.63, 3.8) is 0 Å². The van der Waals surface area contributed by atoms with Crippen LogP contribution in [0, 0.1) is 11.6 Å². The second-order valence-corrected chi connectivity index (χ2v) is 8.73. The van der Waals surface area contributed by atoms with Crippen molar-refractivity contribution in [1.82, 2.24) is 4.98 Å². The molecule has 0 bridgehead atoms. The fourth-order valence-corrected chi connectivity index (χ4v) is 4.09. The van der Waals surface area contributed by atoms with Crippen molar-refractivity contribution < 1.29 is 37.0 Å². The molecule has 0 radical (unpaired) electrons. The second kappa shape index (κ2) is 11.5. The van der Waals surface area contributed by atoms with Crippen LogP contribution in [0.25, 0.3) is 10.9 Å². The summed E-state index contributed by atoms with van der Waals surface area (Å²) in [5.74, 6) is -4.82. The Labute approximate surface area is 202 Å². The fourth-order valence-electron chi connectivity index (χ4n) is 3.09. The minimum atomic E-state index is -1.26. The van der Waals surface area contributed by atoms with Gasteiger partial charge in [-0.3, -0.25) is 0 Å². The first-order chi connectivity index (χ1) is 16.3. The number of aromatic nitrogens is 1. The molecule has 3 rings (SSSR count). The molecule has 0 aliphatic carbocycles. The van der Waals surface area contributed by atoms with Crippen LogP contribution in [0.5, 0.6) is 5.75 Å². The van der Waals surface area contributed by atoms with Gasteiger partial charge < -0.3 is 14.2 Å². The van der Waals surface area contributed by atoms with Crippen LogP contribution in [0.15, 0.2) is 47.5 Å². The number of methoxy groups -OCH3 is 1. The number of pyridine rings is 1. The van der Waals surface area contributed by atoms with E-state index in [1.54, 1.807) is 37.3 Å². The van der Waals surface area contributed by atoms with Gasteiger partial charge >= 0.3 is 11.9 Å². The third-order valence-corrected chi connectivity index (χ3v) is 5.83. The molecule has 34 heavy (non-hydrogen) atoms. The first-order valence-electron chi connectivity index (χ1n) is 9.96. The highest BCUT2D eigenvalue weighted by Gasteiger charge is 2.31. The maximum Gasteiger partial charge on any atom is 0.345 e. The van der Waals surface area contributed by atoms with E-state index in [0.29, 0.717) is 17.3 Å². The summed E-state index contributed by atoms with van der Waals surface area (Å²) in [4.78, 5) is 30.1. The standard InChI is InChI=1S/C23H19ClF3NO5S/c1-3-32-22(29)18-20(33-23(30)19(31-2)12-7-5-4-6-8-12)13-9-14(26)15(27)10-16(13)28-21(18)34-17(24)11-25/h4-10,17,19H,3,11H2,1-2H3. The fraction of sp³-hybridized carbons (Fsp3) is 0.261. The lowest BCUT2D eigenvalue weighted by Crippen LogP contribution is -2.22. The monoisotopic (exact) mass is 513 g/mol. The van der Waals surface area contributed by atoms with Gasteiger partial charge in [0.05, 0.1) is 12.1 Å². The van der Waals surface area contributed by atoms with Crippen LogP contribution in [0.3, 0.4) is 0 Å². The molecule has 2 aromatic carbocycles. The number of rotatable bonds is 9. The quantitative estimate of drug-likeness (QED) is 0.209. The number of thioether (sulfide) groups is 1. The Hall–Kier alpha value is -2.82. The van der Waals surface area contributed by atoms with Crippen molar-refractivity contribution in [3.05, 3.63) is 65.2 Å². The van der Waals surface area contributed by atoms with Crippen molar-refractivity contribution >= 4 is 46.2 Å². The van der Waals surface area contributed by atoms with E-state index in [1.807, 2.05) is 0 Å². The molecule has 0 aliphatic rings. The Morgan fingerprint density at radius 1 is 1.15 bits per heavy atom. The van der Waals surface area contributed by atoms with Crippen LogP contribution in [-0.4, -0.2) is 42.0 Å². The summed E-state index contributed by atoms with van der Waals surface area (Å²) >= 11 is 6.55. The van der Waals surface area contributed by atoms with E-state index >= 15 is 0 Å². The van der Waals surface area contributed by atoms with Crippen molar-refractivity contribution in [2.24, 2.45) is 0 Å². The third-order valence-electron chi connectivity index (χ3n) is 4.54. The lowest BCUT2D eigenvalue weighted by molar-refractivity contribution is -0.145. The number of benzene rings is 2. The molecule has 0 saturated carbocycles. The summed E-state index contributed by atoms with van der Waals surface area (Å²) in [5, 5.41) is -0.347. The molecule has 2 atom stereocenters. The Kier molecular flexibility index (Phi) is 8.76. The number of halogens is 4. The van der Waals surface area contributed by atoms with Gasteiger partial charge in [-0.2, -0.15) is 0 Å². The molecule has 180 valence electrons. The molecule has 0 aliphatic heterocycles. The van der Waals surface area contributed by atoms with E-state index < -0.39 is 46.8 Å². The van der Waals surface area contributed by atoms with Crippen LogP contribution in [0.4, 0.5) is 13.2 Å². The van der Waals surface area contributed by atoms with Gasteiger partial charge in [0.15, 0.2) is 23.5 Å². The lowest BCUT2D eigenvalue weighted by Gasteiger charge is -2.19. The minimum Gasteiger partial charge on any atom is -0.462 e. The van der Waals surface area contributed by atoms with E-state index in [2.05, 4.69) is 4.98 Å². The molecule has 2 unspecified atom stereocenters. The Morgan fingerprint density at radius 2 is 1.82 bits per heavy atom. The van der Waals surface area contributed by atoms with Crippen LogP contribution in [0.2, 0.25) is 0 Å². The molecule has 0 fully saturated rings. The van der Waals surface area contributed by atoms with Gasteiger partial charge in [-0.15, -0.1) is 11.6 Å². The average Bonchev–Trinajstić information content (AvgIpc) is 2.81. The van der Waals surface area contributed by atoms with Crippen molar-refractivity contribution in [2.75, 3.05) is 20.4 Å². The maximum atomic E-state index is 14.1. The Morgan fingerprint density at radius 3 is 2.44 bits per heavy atom. The number of alkyl halides is 2. The zero-order valence-electron chi connectivity index (χ0n) is 18.0. The zero-order chi connectivity index (χ0) is 24.8. The molecular weight excluding hydrogens is 495 g/mol. The molecule has 3 aromatic rings. The van der Waals surface area contributed by atoms with Crippen LogP contribution in [-0.2, 0) is 14.3 Å². The number of ether oxygens (including phenoxy) is 3. The van der Waals surface area contributed by atoms with E-state index in [9.17, 15) is 22.8 Å². The number of fused-ring (bicyclic) bond motifs is 1. The normalized spacial score (nSPS) is 12.9. The molecular formula is C23H19ClF3NO5S. The Bertz CT molecular complexity index is 1200. The van der Waals surface area contributed by atoms with E-state index in [4.69, 9.17) is 25.8 Å². The lowest BCUT2D eigenvalue weighted by atomic mass is 10.1. The zero-order valence-corrected chi connectivity index (χ0v) is 19.6. The highest BCUT2D eigenvalue weighted by Crippen LogP contribution is 2.39. The molecule has 11 heteroatoms. The average molecular weight is 514 g/mol. The molecule has 0 amide bonds. The predicted molar refractivity (Wildman–Crippen MR) is 121 cm³/mol. The van der Waals surface area contributed by atoms with Gasteiger partial charge in [0.2, 0.25) is 0 Å². The van der Waals surface area contributed by atoms with Gasteiger partial charge in [-0.25, -0.2) is 27.7 Å². The number of nitrogens with zero attached hydrogens (tertiary/aromatic N) is 1. The summed E-state index contributed by atoms with van der Waals surface area (Å²) in [6.07, 6.45) is -1.20. The Balaban J connectivity index is 2.23. The van der Waals surface area contributed by atoms with Crippen LogP contribution >= 0.6 is 23.4 Å². The molecule has 0 saturated heterocycles. The van der Waals surface area contributed by atoms with Crippen molar-refractivity contribution in [2.45, 2.75) is 22.8 Å². The largest absolute Gasteiger partial charge is 0.462 e. The first kappa shape index (κ1) is 25.8. The number of hydrogen-bond acceptors (Lipinski definition) is 7. The summed E-state index contributed by atoms with van der Waals surface area (Å²) < 4.78 is 55.9. The summed E-state index contributed by atoms with van der Waals surface area (Å²) in [5.41, 5.74) is -0.0644. The topological polar surface area (TPSA) is 74.7 Å². The van der Waals surface area contributed by atoms with E-state index in [-0.39, 0.29) is 28.1 Å². The summed E-state index contributed by atoms with van der Waals surface area (Å²) in [6.45, 7) is 0.507. The highest BCUT2D eigenvalue weighted by atomic mass is 35.5. The first-order valence-corrected chi connectivity index (χ1v) is 11.3. The predicted octanol–water partition coefficient (Wildman–Crippen LogP) is 5.61. The smallest absolute Gasteiger partial charge is 0.345 e. The van der Waals surface area contributed by atoms with E-state index in [1.165, 1.54) is 7.11 Å². The molecule has 1 heterocycles. The van der Waals surface area contributed by atoms with Gasteiger partial charge in [-0.05, 0) is 18.6 Å². The number of carbonyl (C=O) groups excluding carboxylic acids is 2. The second-order valence-electron chi connectivity index (χ2n) is 6.75. The number of esters is 2. The number of hydrogen-bond donors (Lipinski definition) is 0.